The molecule has 0 bridgehead atoms. The second kappa shape index (κ2) is 37.1. The van der Waals surface area contributed by atoms with E-state index in [-0.39, 0.29) is 30.4 Å². The third-order valence-corrected chi connectivity index (χ3v) is 9.90. The first kappa shape index (κ1) is 46.9. The summed E-state index contributed by atoms with van der Waals surface area (Å²) in [4.78, 5) is 28.4. The minimum absolute atomic E-state index is 0.0196. The first-order valence-electron chi connectivity index (χ1n) is 21.2. The van der Waals surface area contributed by atoms with Crippen molar-refractivity contribution in [2.24, 2.45) is 11.8 Å². The fourth-order valence-electron chi connectivity index (χ4n) is 6.62. The standard InChI is InChI=1S/C42H83NO5/c1-5-9-13-16-18-22-32-40(30-20-15-11-7-3)42(46)48-38-28-25-35-43(33-23-26-36-44)34-24-27-37-47-41(45)39(29-19-12-8-4)31-21-17-14-10-6-2/h39-40,44H,5-38H2,1-4H3. The fraction of sp³-hybridized carbons (Fsp3) is 0.952. The molecule has 6 heteroatoms. The lowest BCUT2D eigenvalue weighted by Gasteiger charge is -2.22. The van der Waals surface area contributed by atoms with Crippen molar-refractivity contribution < 1.29 is 24.2 Å². The Balaban J connectivity index is 4.53. The van der Waals surface area contributed by atoms with Gasteiger partial charge in [0.05, 0.1) is 25.0 Å². The number of unbranched alkanes of at least 4 members (excludes halogenated alkanes) is 17. The third kappa shape index (κ3) is 29.7. The molecule has 0 radical (unpaired) electrons. The van der Waals surface area contributed by atoms with Crippen LogP contribution < -0.4 is 0 Å². The third-order valence-electron chi connectivity index (χ3n) is 9.90. The van der Waals surface area contributed by atoms with E-state index in [1.54, 1.807) is 0 Å². The van der Waals surface area contributed by atoms with Crippen molar-refractivity contribution in [1.29, 1.82) is 0 Å². The summed E-state index contributed by atoms with van der Waals surface area (Å²) in [5, 5.41) is 9.29. The van der Waals surface area contributed by atoms with Crippen LogP contribution in [0.4, 0.5) is 0 Å². The van der Waals surface area contributed by atoms with Crippen molar-refractivity contribution >= 4 is 11.9 Å². The molecular weight excluding hydrogens is 598 g/mol. The Morgan fingerprint density at radius 1 is 0.438 bits per heavy atom. The van der Waals surface area contributed by atoms with Gasteiger partial charge < -0.3 is 19.5 Å². The van der Waals surface area contributed by atoms with Crippen LogP contribution in [0.3, 0.4) is 0 Å². The zero-order chi connectivity index (χ0) is 35.3. The van der Waals surface area contributed by atoms with Gasteiger partial charge in [0.15, 0.2) is 0 Å². The van der Waals surface area contributed by atoms with Crippen molar-refractivity contribution in [3.8, 4) is 0 Å². The summed E-state index contributed by atoms with van der Waals surface area (Å²) < 4.78 is 11.6. The van der Waals surface area contributed by atoms with Crippen LogP contribution >= 0.6 is 0 Å². The van der Waals surface area contributed by atoms with Crippen molar-refractivity contribution in [3.63, 3.8) is 0 Å². The zero-order valence-electron chi connectivity index (χ0n) is 32.7. The van der Waals surface area contributed by atoms with E-state index in [9.17, 15) is 14.7 Å². The van der Waals surface area contributed by atoms with Crippen molar-refractivity contribution in [2.75, 3.05) is 39.5 Å². The van der Waals surface area contributed by atoms with Gasteiger partial charge in [-0.3, -0.25) is 9.59 Å². The molecule has 0 fully saturated rings. The van der Waals surface area contributed by atoms with Gasteiger partial charge in [0.2, 0.25) is 0 Å². The summed E-state index contributed by atoms with van der Waals surface area (Å²) >= 11 is 0. The number of aliphatic hydroxyl groups excluding tert-OH is 1. The van der Waals surface area contributed by atoms with Gasteiger partial charge in [0, 0.05) is 6.61 Å². The second-order valence-corrected chi connectivity index (χ2v) is 14.5. The lowest BCUT2D eigenvalue weighted by atomic mass is 9.94. The number of carbonyl (C=O) groups is 2. The van der Waals surface area contributed by atoms with Crippen LogP contribution in [0.5, 0.6) is 0 Å². The van der Waals surface area contributed by atoms with Gasteiger partial charge in [-0.2, -0.15) is 0 Å². The molecule has 0 heterocycles. The van der Waals surface area contributed by atoms with E-state index in [2.05, 4.69) is 32.6 Å². The molecule has 0 amide bonds. The molecule has 2 unspecified atom stereocenters. The van der Waals surface area contributed by atoms with E-state index >= 15 is 0 Å². The Morgan fingerprint density at radius 3 is 1.15 bits per heavy atom. The molecule has 286 valence electrons. The topological polar surface area (TPSA) is 76.1 Å². The average molecular weight is 682 g/mol. The Kier molecular flexibility index (Phi) is 36.2. The highest BCUT2D eigenvalue weighted by Gasteiger charge is 2.20. The maximum atomic E-state index is 13.0. The largest absolute Gasteiger partial charge is 0.465 e. The maximum absolute atomic E-state index is 13.0. The van der Waals surface area contributed by atoms with Crippen molar-refractivity contribution in [1.82, 2.24) is 4.90 Å². The lowest BCUT2D eigenvalue weighted by molar-refractivity contribution is -0.150. The molecule has 0 aliphatic rings. The van der Waals surface area contributed by atoms with Crippen molar-refractivity contribution in [2.45, 2.75) is 207 Å². The Labute approximate surface area is 299 Å². The molecule has 1 N–H and O–H groups in total. The highest BCUT2D eigenvalue weighted by Crippen LogP contribution is 2.22. The Hall–Kier alpha value is -1.14. The van der Waals surface area contributed by atoms with E-state index < -0.39 is 0 Å². The molecule has 0 spiro atoms. The number of ether oxygens (including phenoxy) is 2. The summed E-state index contributed by atoms with van der Waals surface area (Å²) in [7, 11) is 0. The number of aliphatic hydroxyl groups is 1. The summed E-state index contributed by atoms with van der Waals surface area (Å²) in [6.07, 6.45) is 31.4. The number of nitrogens with zero attached hydrogens (tertiary/aromatic N) is 1. The number of hydrogen-bond donors (Lipinski definition) is 1. The molecule has 6 nitrogen and oxygen atoms in total. The van der Waals surface area contributed by atoms with Crippen LogP contribution in [-0.4, -0.2) is 61.4 Å². The van der Waals surface area contributed by atoms with Gasteiger partial charge in [-0.25, -0.2) is 0 Å². The van der Waals surface area contributed by atoms with Gasteiger partial charge in [-0.15, -0.1) is 0 Å². The van der Waals surface area contributed by atoms with Crippen LogP contribution in [0.25, 0.3) is 0 Å². The summed E-state index contributed by atoms with van der Waals surface area (Å²) in [6.45, 7) is 13.1. The second-order valence-electron chi connectivity index (χ2n) is 14.5. The van der Waals surface area contributed by atoms with Gasteiger partial charge in [-0.1, -0.05) is 143 Å². The first-order valence-corrected chi connectivity index (χ1v) is 21.2. The minimum atomic E-state index is 0.0196. The van der Waals surface area contributed by atoms with E-state index in [1.807, 2.05) is 0 Å². The molecule has 0 rings (SSSR count). The molecule has 0 aliphatic heterocycles. The molecule has 48 heavy (non-hydrogen) atoms. The molecule has 0 aromatic heterocycles. The first-order chi connectivity index (χ1) is 23.5. The van der Waals surface area contributed by atoms with Crippen LogP contribution in [-0.2, 0) is 19.1 Å². The zero-order valence-corrected chi connectivity index (χ0v) is 32.7. The SMILES string of the molecule is CCCCCCCCC(CCCCCC)C(=O)OCCCCN(CCCCO)CCCCOC(=O)C(CCCCC)CCCCCCC. The fourth-order valence-corrected chi connectivity index (χ4v) is 6.62. The minimum Gasteiger partial charge on any atom is -0.465 e. The molecule has 0 aromatic carbocycles. The van der Waals surface area contributed by atoms with Crippen LogP contribution in [0, 0.1) is 11.8 Å². The van der Waals surface area contributed by atoms with Crippen LogP contribution in [0.1, 0.15) is 207 Å². The van der Waals surface area contributed by atoms with E-state index in [0.717, 1.165) is 110 Å². The quantitative estimate of drug-likeness (QED) is 0.0516. The number of carbonyl (C=O) groups excluding carboxylic acids is 2. The molecule has 0 aliphatic carbocycles. The van der Waals surface area contributed by atoms with Gasteiger partial charge in [0.1, 0.15) is 0 Å². The van der Waals surface area contributed by atoms with Gasteiger partial charge in [0.25, 0.3) is 0 Å². The predicted octanol–water partition coefficient (Wildman–Crippen LogP) is 11.6. The molecule has 0 aromatic rings. The maximum Gasteiger partial charge on any atom is 0.308 e. The summed E-state index contributed by atoms with van der Waals surface area (Å²) in [5.74, 6) is 0.174. The van der Waals surface area contributed by atoms with Crippen molar-refractivity contribution in [3.05, 3.63) is 0 Å². The Morgan fingerprint density at radius 2 is 0.750 bits per heavy atom. The molecule has 0 saturated carbocycles. The molecule has 2 atom stereocenters. The number of esters is 2. The van der Waals surface area contributed by atoms with Crippen LogP contribution in [0.2, 0.25) is 0 Å². The normalized spacial score (nSPS) is 12.8. The van der Waals surface area contributed by atoms with E-state index in [0.29, 0.717) is 13.2 Å². The van der Waals surface area contributed by atoms with E-state index in [4.69, 9.17) is 9.47 Å². The summed E-state index contributed by atoms with van der Waals surface area (Å²) in [6, 6.07) is 0. The average Bonchev–Trinajstić information content (AvgIpc) is 3.09. The predicted molar refractivity (Wildman–Crippen MR) is 204 cm³/mol. The number of rotatable bonds is 38. The van der Waals surface area contributed by atoms with Crippen LogP contribution in [0.15, 0.2) is 0 Å². The lowest BCUT2D eigenvalue weighted by Crippen LogP contribution is -2.28. The highest BCUT2D eigenvalue weighted by molar-refractivity contribution is 5.72. The smallest absolute Gasteiger partial charge is 0.308 e. The summed E-state index contributed by atoms with van der Waals surface area (Å²) in [5.41, 5.74) is 0. The van der Waals surface area contributed by atoms with Gasteiger partial charge in [-0.05, 0) is 83.8 Å². The highest BCUT2D eigenvalue weighted by atomic mass is 16.5. The molecular formula is C42H83NO5. The number of hydrogen-bond acceptors (Lipinski definition) is 6. The monoisotopic (exact) mass is 682 g/mol. The Bertz CT molecular complexity index is 687. The van der Waals surface area contributed by atoms with Gasteiger partial charge >= 0.3 is 11.9 Å². The molecule has 0 saturated heterocycles. The van der Waals surface area contributed by atoms with E-state index in [1.165, 1.54) is 89.9 Å².